The molecule has 0 bridgehead atoms. The van der Waals surface area contributed by atoms with Gasteiger partial charge in [-0.05, 0) is 29.7 Å². The van der Waals surface area contributed by atoms with Gasteiger partial charge >= 0.3 is 6.18 Å². The Balaban J connectivity index is 2.18. The normalized spacial score (nSPS) is 16.1. The van der Waals surface area contributed by atoms with Gasteiger partial charge in [0, 0.05) is 16.9 Å². The molecule has 0 fully saturated rings. The van der Waals surface area contributed by atoms with E-state index in [1.54, 1.807) is 6.07 Å². The Hall–Kier alpha value is -0.790. The second-order valence-electron chi connectivity index (χ2n) is 4.54. The molecule has 1 aromatic carbocycles. The zero-order chi connectivity index (χ0) is 14.0. The van der Waals surface area contributed by atoms with Gasteiger partial charge in [-0.2, -0.15) is 13.2 Å². The molecule has 0 spiro atoms. The van der Waals surface area contributed by atoms with E-state index in [0.717, 1.165) is 22.0 Å². The fourth-order valence-electron chi connectivity index (χ4n) is 2.23. The molecule has 0 aliphatic carbocycles. The fourth-order valence-corrected chi connectivity index (χ4v) is 2.79. The molecule has 0 aromatic heterocycles. The number of nitrogens with one attached hydrogen (secondary N) is 1. The van der Waals surface area contributed by atoms with Crippen molar-refractivity contribution in [2.24, 2.45) is 5.84 Å². The van der Waals surface area contributed by atoms with Crippen molar-refractivity contribution >= 4 is 15.9 Å². The Morgan fingerprint density at radius 1 is 1.42 bits per heavy atom. The highest BCUT2D eigenvalue weighted by Gasteiger charge is 2.32. The molecular formula is C12H14BrF3N2O. The van der Waals surface area contributed by atoms with Crippen molar-refractivity contribution in [3.63, 3.8) is 0 Å². The molecule has 0 saturated carbocycles. The number of ether oxygens (including phenoxy) is 1. The minimum absolute atomic E-state index is 0.178. The van der Waals surface area contributed by atoms with Crippen LogP contribution in [0.3, 0.4) is 0 Å². The molecule has 1 atom stereocenters. The molecule has 0 saturated heterocycles. The maximum Gasteiger partial charge on any atom is 0.390 e. The topological polar surface area (TPSA) is 47.3 Å². The first-order valence-electron chi connectivity index (χ1n) is 5.86. The number of benzene rings is 1. The van der Waals surface area contributed by atoms with Gasteiger partial charge in [0.15, 0.2) is 0 Å². The van der Waals surface area contributed by atoms with Crippen molar-refractivity contribution in [2.45, 2.75) is 31.5 Å². The van der Waals surface area contributed by atoms with Crippen LogP contribution in [0.25, 0.3) is 0 Å². The highest BCUT2D eigenvalue weighted by Crippen LogP contribution is 2.34. The van der Waals surface area contributed by atoms with Crippen LogP contribution in [0.15, 0.2) is 16.6 Å². The van der Waals surface area contributed by atoms with Crippen LogP contribution >= 0.6 is 15.9 Å². The largest absolute Gasteiger partial charge is 0.493 e. The average Bonchev–Trinajstić information content (AvgIpc) is 2.74. The summed E-state index contributed by atoms with van der Waals surface area (Å²) in [5.74, 6) is 5.91. The summed E-state index contributed by atoms with van der Waals surface area (Å²) in [6, 6.07) is 2.85. The van der Waals surface area contributed by atoms with Crippen molar-refractivity contribution in [1.82, 2.24) is 5.43 Å². The van der Waals surface area contributed by atoms with Gasteiger partial charge in [-0.3, -0.25) is 11.3 Å². The first kappa shape index (κ1) is 14.6. The van der Waals surface area contributed by atoms with Gasteiger partial charge in [-0.15, -0.1) is 0 Å². The first-order valence-corrected chi connectivity index (χ1v) is 6.65. The van der Waals surface area contributed by atoms with Crippen LogP contribution in [0.5, 0.6) is 5.75 Å². The molecule has 0 radical (unpaired) electrons. The molecule has 3 N–H and O–H groups in total. The van der Waals surface area contributed by atoms with E-state index >= 15 is 0 Å². The van der Waals surface area contributed by atoms with Gasteiger partial charge in [-0.25, -0.2) is 0 Å². The average molecular weight is 339 g/mol. The third kappa shape index (κ3) is 3.84. The van der Waals surface area contributed by atoms with E-state index in [2.05, 4.69) is 21.4 Å². The Morgan fingerprint density at radius 3 is 2.79 bits per heavy atom. The summed E-state index contributed by atoms with van der Waals surface area (Å²) in [5, 5.41) is 0. The molecule has 7 heteroatoms. The third-order valence-electron chi connectivity index (χ3n) is 3.01. The standard InChI is InChI=1S/C12H14BrF3N2O/c13-9-3-7-1-2-19-11(7)8(4-9)5-10(18-17)6-12(14,15)16/h3-4,10,18H,1-2,5-6,17H2. The van der Waals surface area contributed by atoms with Crippen molar-refractivity contribution < 1.29 is 17.9 Å². The number of fused-ring (bicyclic) bond motifs is 1. The number of rotatable bonds is 4. The van der Waals surface area contributed by atoms with Crippen molar-refractivity contribution in [3.8, 4) is 5.75 Å². The molecule has 2 rings (SSSR count). The van der Waals surface area contributed by atoms with Gasteiger partial charge in [0.1, 0.15) is 5.75 Å². The lowest BCUT2D eigenvalue weighted by molar-refractivity contribution is -0.140. The van der Waals surface area contributed by atoms with Gasteiger partial charge in [-0.1, -0.05) is 15.9 Å². The van der Waals surface area contributed by atoms with Gasteiger partial charge in [0.05, 0.1) is 13.0 Å². The summed E-state index contributed by atoms with van der Waals surface area (Å²) in [6.07, 6.45) is -4.25. The van der Waals surface area contributed by atoms with Crippen LogP contribution in [-0.4, -0.2) is 18.8 Å². The van der Waals surface area contributed by atoms with E-state index < -0.39 is 18.6 Å². The van der Waals surface area contributed by atoms with Gasteiger partial charge in [0.25, 0.3) is 0 Å². The van der Waals surface area contributed by atoms with Crippen molar-refractivity contribution in [2.75, 3.05) is 6.61 Å². The van der Waals surface area contributed by atoms with E-state index in [1.807, 2.05) is 6.07 Å². The number of hydrogen-bond donors (Lipinski definition) is 2. The molecule has 1 aliphatic rings. The molecule has 1 aliphatic heterocycles. The Labute approximate surface area is 117 Å². The lowest BCUT2D eigenvalue weighted by Crippen LogP contribution is -2.40. The third-order valence-corrected chi connectivity index (χ3v) is 3.46. The predicted octanol–water partition coefficient (Wildman–Crippen LogP) is 2.71. The first-order chi connectivity index (χ1) is 8.89. The minimum Gasteiger partial charge on any atom is -0.493 e. The highest BCUT2D eigenvalue weighted by molar-refractivity contribution is 9.10. The van der Waals surface area contributed by atoms with E-state index in [0.29, 0.717) is 12.4 Å². The van der Waals surface area contributed by atoms with Crippen LogP contribution in [0.2, 0.25) is 0 Å². The van der Waals surface area contributed by atoms with Crippen LogP contribution < -0.4 is 16.0 Å². The van der Waals surface area contributed by atoms with Crippen LogP contribution in [-0.2, 0) is 12.8 Å². The Kier molecular flexibility index (Phi) is 4.37. The number of alkyl halides is 3. The fraction of sp³-hybridized carbons (Fsp3) is 0.500. The smallest absolute Gasteiger partial charge is 0.390 e. The highest BCUT2D eigenvalue weighted by atomic mass is 79.9. The predicted molar refractivity (Wildman–Crippen MR) is 68.8 cm³/mol. The molecule has 1 aromatic rings. The van der Waals surface area contributed by atoms with E-state index in [9.17, 15) is 13.2 Å². The summed E-state index contributed by atoms with van der Waals surface area (Å²) >= 11 is 3.36. The maximum absolute atomic E-state index is 12.4. The van der Waals surface area contributed by atoms with Crippen LogP contribution in [0, 0.1) is 0 Å². The van der Waals surface area contributed by atoms with Gasteiger partial charge in [0.2, 0.25) is 0 Å². The van der Waals surface area contributed by atoms with E-state index in [1.165, 1.54) is 0 Å². The molecule has 0 amide bonds. The van der Waals surface area contributed by atoms with Gasteiger partial charge < -0.3 is 4.74 Å². The quantitative estimate of drug-likeness (QED) is 0.655. The molecular weight excluding hydrogens is 325 g/mol. The monoisotopic (exact) mass is 338 g/mol. The molecule has 106 valence electrons. The summed E-state index contributed by atoms with van der Waals surface area (Å²) in [5.41, 5.74) is 3.99. The number of nitrogens with two attached hydrogens (primary N) is 1. The van der Waals surface area contributed by atoms with E-state index in [4.69, 9.17) is 10.6 Å². The second-order valence-corrected chi connectivity index (χ2v) is 5.45. The number of halogens is 4. The zero-order valence-corrected chi connectivity index (χ0v) is 11.6. The summed E-state index contributed by atoms with van der Waals surface area (Å²) in [7, 11) is 0. The minimum atomic E-state index is -4.24. The van der Waals surface area contributed by atoms with Crippen molar-refractivity contribution in [3.05, 3.63) is 27.7 Å². The molecule has 1 unspecified atom stereocenters. The SMILES string of the molecule is NNC(Cc1cc(Br)cc2c1OCC2)CC(F)(F)F. The molecule has 1 heterocycles. The maximum atomic E-state index is 12.4. The summed E-state index contributed by atoms with van der Waals surface area (Å²) in [4.78, 5) is 0. The lowest BCUT2D eigenvalue weighted by Gasteiger charge is -2.19. The van der Waals surface area contributed by atoms with Crippen molar-refractivity contribution in [1.29, 1.82) is 0 Å². The zero-order valence-electron chi connectivity index (χ0n) is 10.1. The Morgan fingerprint density at radius 2 is 2.16 bits per heavy atom. The number of hydrogen-bond acceptors (Lipinski definition) is 3. The molecule has 3 nitrogen and oxygen atoms in total. The van der Waals surface area contributed by atoms with Crippen LogP contribution in [0.1, 0.15) is 17.5 Å². The lowest BCUT2D eigenvalue weighted by atomic mass is 10.00. The summed E-state index contributed by atoms with van der Waals surface area (Å²) < 4.78 is 43.6. The van der Waals surface area contributed by atoms with E-state index in [-0.39, 0.29) is 6.42 Å². The Bertz CT molecular complexity index is 465. The van der Waals surface area contributed by atoms with Crippen LogP contribution in [0.4, 0.5) is 13.2 Å². The second kappa shape index (κ2) is 5.68. The summed E-state index contributed by atoms with van der Waals surface area (Å²) in [6.45, 7) is 0.568. The molecule has 19 heavy (non-hydrogen) atoms. The number of hydrazine groups is 1.